The van der Waals surface area contributed by atoms with E-state index >= 15 is 0 Å². The van der Waals surface area contributed by atoms with Crippen LogP contribution in [0.3, 0.4) is 0 Å². The summed E-state index contributed by atoms with van der Waals surface area (Å²) in [6.45, 7) is 1.98. The monoisotopic (exact) mass is 214 g/mol. The van der Waals surface area contributed by atoms with Crippen molar-refractivity contribution in [2.75, 3.05) is 0 Å². The van der Waals surface area contributed by atoms with E-state index in [2.05, 4.69) is 15.3 Å². The highest BCUT2D eigenvalue weighted by atomic mass is 16.1. The van der Waals surface area contributed by atoms with Crippen molar-refractivity contribution >= 4 is 16.4 Å². The maximum Gasteiger partial charge on any atom is 0.290 e. The number of aromatic amines is 1. The summed E-state index contributed by atoms with van der Waals surface area (Å²) in [5.74, 6) is 0.755. The summed E-state index contributed by atoms with van der Waals surface area (Å²) in [6, 6.07) is 7.59. The molecule has 1 aromatic carbocycles. The van der Waals surface area contributed by atoms with Crippen molar-refractivity contribution in [3.05, 3.63) is 40.4 Å². The topological polar surface area (TPSA) is 63.0 Å². The molecular weight excluding hydrogens is 204 g/mol. The Morgan fingerprint density at radius 1 is 1.38 bits per heavy atom. The Balaban J connectivity index is 2.63. The lowest BCUT2D eigenvalue weighted by molar-refractivity contribution is 0.758. The second-order valence-corrected chi connectivity index (χ2v) is 3.60. The number of nitrogens with one attached hydrogen (secondary N) is 1. The zero-order valence-electron chi connectivity index (χ0n) is 8.77. The summed E-state index contributed by atoms with van der Waals surface area (Å²) in [5.41, 5.74) is 1.18. The van der Waals surface area contributed by atoms with Crippen LogP contribution in [0, 0.1) is 0 Å². The Morgan fingerprint density at radius 2 is 2.19 bits per heavy atom. The summed E-state index contributed by atoms with van der Waals surface area (Å²) in [7, 11) is 0. The van der Waals surface area contributed by atoms with Gasteiger partial charge in [0.1, 0.15) is 5.52 Å². The van der Waals surface area contributed by atoms with Gasteiger partial charge in [-0.25, -0.2) is 9.61 Å². The number of H-pyrrole nitrogens is 1. The number of nitrogens with zero attached hydrogens (tertiary/aromatic N) is 3. The third kappa shape index (κ3) is 1.08. The van der Waals surface area contributed by atoms with Crippen molar-refractivity contribution in [2.24, 2.45) is 0 Å². The zero-order chi connectivity index (χ0) is 11.1. The molecule has 0 saturated heterocycles. The van der Waals surface area contributed by atoms with Crippen LogP contribution in [0.4, 0.5) is 0 Å². The van der Waals surface area contributed by atoms with Crippen LogP contribution in [0.15, 0.2) is 29.1 Å². The van der Waals surface area contributed by atoms with Crippen molar-refractivity contribution in [1.82, 2.24) is 19.8 Å². The lowest BCUT2D eigenvalue weighted by Gasteiger charge is -1.97. The van der Waals surface area contributed by atoms with Crippen LogP contribution < -0.4 is 5.56 Å². The predicted molar refractivity (Wildman–Crippen MR) is 60.5 cm³/mol. The van der Waals surface area contributed by atoms with E-state index in [1.165, 1.54) is 0 Å². The Bertz CT molecular complexity index is 726. The second kappa shape index (κ2) is 3.16. The van der Waals surface area contributed by atoms with Gasteiger partial charge < -0.3 is 0 Å². The van der Waals surface area contributed by atoms with Gasteiger partial charge in [0.15, 0.2) is 5.82 Å². The number of aryl methyl sites for hydroxylation is 1. The van der Waals surface area contributed by atoms with Gasteiger partial charge in [-0.05, 0) is 6.07 Å². The highest BCUT2D eigenvalue weighted by Gasteiger charge is 2.10. The smallest absolute Gasteiger partial charge is 0.266 e. The molecule has 1 N–H and O–H groups in total. The minimum Gasteiger partial charge on any atom is -0.266 e. The van der Waals surface area contributed by atoms with Gasteiger partial charge in [0, 0.05) is 11.8 Å². The highest BCUT2D eigenvalue weighted by molar-refractivity contribution is 5.93. The molecule has 80 valence electrons. The first kappa shape index (κ1) is 9.08. The van der Waals surface area contributed by atoms with Gasteiger partial charge >= 0.3 is 0 Å². The Labute approximate surface area is 90.7 Å². The van der Waals surface area contributed by atoms with E-state index in [1.54, 1.807) is 4.52 Å². The summed E-state index contributed by atoms with van der Waals surface area (Å²) >= 11 is 0. The van der Waals surface area contributed by atoms with Gasteiger partial charge in [0.25, 0.3) is 5.56 Å². The molecule has 5 nitrogen and oxygen atoms in total. The maximum absolute atomic E-state index is 11.7. The second-order valence-electron chi connectivity index (χ2n) is 3.60. The van der Waals surface area contributed by atoms with E-state index in [9.17, 15) is 4.79 Å². The van der Waals surface area contributed by atoms with Gasteiger partial charge in [0.05, 0.1) is 5.52 Å². The van der Waals surface area contributed by atoms with Crippen LogP contribution in [0.2, 0.25) is 0 Å². The van der Waals surface area contributed by atoms with E-state index in [-0.39, 0.29) is 5.56 Å². The van der Waals surface area contributed by atoms with E-state index < -0.39 is 0 Å². The molecule has 0 aliphatic heterocycles. The number of hydrogen-bond acceptors (Lipinski definition) is 3. The molecule has 0 fully saturated rings. The minimum atomic E-state index is -0.203. The molecule has 3 aromatic rings. The SMILES string of the molecule is CCc1n[nH]c(=O)c2c3ccccc3nn12. The number of benzene rings is 1. The summed E-state index contributed by atoms with van der Waals surface area (Å²) in [4.78, 5) is 11.7. The highest BCUT2D eigenvalue weighted by Crippen LogP contribution is 2.16. The molecular formula is C11H10N4O. The molecule has 2 aromatic heterocycles. The predicted octanol–water partition coefficient (Wildman–Crippen LogP) is 1.13. The first-order valence-electron chi connectivity index (χ1n) is 5.16. The minimum absolute atomic E-state index is 0.203. The molecule has 5 heteroatoms. The van der Waals surface area contributed by atoms with Crippen LogP contribution in [0.1, 0.15) is 12.7 Å². The van der Waals surface area contributed by atoms with E-state index in [4.69, 9.17) is 0 Å². The van der Waals surface area contributed by atoms with Gasteiger partial charge in [-0.2, -0.15) is 10.2 Å². The summed E-state index contributed by atoms with van der Waals surface area (Å²) < 4.78 is 1.63. The molecule has 0 saturated carbocycles. The summed E-state index contributed by atoms with van der Waals surface area (Å²) in [6.07, 6.45) is 0.723. The molecule has 0 radical (unpaired) electrons. The fourth-order valence-electron chi connectivity index (χ4n) is 1.88. The van der Waals surface area contributed by atoms with Crippen LogP contribution in [-0.4, -0.2) is 19.8 Å². The van der Waals surface area contributed by atoms with Crippen LogP contribution in [0.5, 0.6) is 0 Å². The number of hydrogen-bond donors (Lipinski definition) is 1. The number of aromatic nitrogens is 4. The van der Waals surface area contributed by atoms with Crippen LogP contribution >= 0.6 is 0 Å². The average Bonchev–Trinajstić information content (AvgIpc) is 2.69. The van der Waals surface area contributed by atoms with Gasteiger partial charge in [-0.1, -0.05) is 25.1 Å². The first-order chi connectivity index (χ1) is 7.81. The van der Waals surface area contributed by atoms with E-state index in [1.807, 2.05) is 31.2 Å². The standard InChI is InChI=1S/C11H10N4O/c1-2-9-12-13-11(16)10-7-5-3-4-6-8(7)14-15(9)10/h3-6H,2H2,1H3,(H,13,16). The van der Waals surface area contributed by atoms with Crippen LogP contribution in [-0.2, 0) is 6.42 Å². The molecule has 0 unspecified atom stereocenters. The molecule has 3 rings (SSSR count). The third-order valence-electron chi connectivity index (χ3n) is 2.64. The Kier molecular flexibility index (Phi) is 1.80. The van der Waals surface area contributed by atoms with E-state index in [0.29, 0.717) is 5.52 Å². The normalized spacial score (nSPS) is 11.3. The third-order valence-corrected chi connectivity index (χ3v) is 2.64. The maximum atomic E-state index is 11.7. The first-order valence-corrected chi connectivity index (χ1v) is 5.16. The molecule has 0 amide bonds. The van der Waals surface area contributed by atoms with Crippen molar-refractivity contribution < 1.29 is 0 Å². The van der Waals surface area contributed by atoms with Crippen molar-refractivity contribution in [1.29, 1.82) is 0 Å². The zero-order valence-corrected chi connectivity index (χ0v) is 8.77. The van der Waals surface area contributed by atoms with Gasteiger partial charge in [-0.3, -0.25) is 4.79 Å². The molecule has 2 heterocycles. The number of fused-ring (bicyclic) bond motifs is 3. The van der Waals surface area contributed by atoms with E-state index in [0.717, 1.165) is 23.1 Å². The fraction of sp³-hybridized carbons (Fsp3) is 0.182. The quantitative estimate of drug-likeness (QED) is 0.660. The molecule has 0 atom stereocenters. The van der Waals surface area contributed by atoms with Crippen molar-refractivity contribution in [3.63, 3.8) is 0 Å². The summed E-state index contributed by atoms with van der Waals surface area (Å²) in [5, 5.41) is 11.7. The number of rotatable bonds is 1. The van der Waals surface area contributed by atoms with Crippen LogP contribution in [0.25, 0.3) is 16.4 Å². The Morgan fingerprint density at radius 3 is 3.00 bits per heavy atom. The largest absolute Gasteiger partial charge is 0.290 e. The molecule has 0 bridgehead atoms. The molecule has 16 heavy (non-hydrogen) atoms. The lowest BCUT2D eigenvalue weighted by atomic mass is 10.2. The van der Waals surface area contributed by atoms with Crippen molar-refractivity contribution in [3.8, 4) is 0 Å². The molecule has 0 aliphatic carbocycles. The fourth-order valence-corrected chi connectivity index (χ4v) is 1.88. The Hall–Kier alpha value is -2.17. The van der Waals surface area contributed by atoms with Crippen molar-refractivity contribution in [2.45, 2.75) is 13.3 Å². The molecule has 0 spiro atoms. The average molecular weight is 214 g/mol. The van der Waals surface area contributed by atoms with Gasteiger partial charge in [-0.15, -0.1) is 0 Å². The van der Waals surface area contributed by atoms with Gasteiger partial charge in [0.2, 0.25) is 0 Å². The molecule has 0 aliphatic rings. The lowest BCUT2D eigenvalue weighted by Crippen LogP contribution is -2.15.